The summed E-state index contributed by atoms with van der Waals surface area (Å²) in [7, 11) is 0. The summed E-state index contributed by atoms with van der Waals surface area (Å²) >= 11 is 8.90. The van der Waals surface area contributed by atoms with Gasteiger partial charge in [-0.15, -0.1) is 10.2 Å². The van der Waals surface area contributed by atoms with Gasteiger partial charge < -0.3 is 9.84 Å². The molecule has 1 amide bonds. The maximum atomic E-state index is 13.4. The number of hydrogen-bond acceptors (Lipinski definition) is 9. The molecule has 0 unspecified atom stereocenters. The summed E-state index contributed by atoms with van der Waals surface area (Å²) in [5, 5.41) is 20.7. The Morgan fingerprint density at radius 3 is 2.62 bits per heavy atom. The molecule has 3 heterocycles. The summed E-state index contributed by atoms with van der Waals surface area (Å²) < 4.78 is 6.32. The summed E-state index contributed by atoms with van der Waals surface area (Å²) in [5.74, 6) is -0.668. The Kier molecular flexibility index (Phi) is 8.78. The highest BCUT2D eigenvalue weighted by Gasteiger charge is 2.48. The summed E-state index contributed by atoms with van der Waals surface area (Å²) in [6, 6.07) is 16.9. The molecular weight excluding hydrogens is 568 g/mol. The first-order chi connectivity index (χ1) is 19.5. The number of ketones is 1. The molecule has 5 rings (SSSR count). The molecule has 0 spiro atoms. The third kappa shape index (κ3) is 5.89. The summed E-state index contributed by atoms with van der Waals surface area (Å²) in [6.45, 7) is 2.68. The molecule has 1 aliphatic heterocycles. The van der Waals surface area contributed by atoms with Gasteiger partial charge >= 0.3 is 5.91 Å². The van der Waals surface area contributed by atoms with Crippen molar-refractivity contribution in [2.45, 2.75) is 35.9 Å². The zero-order valence-electron chi connectivity index (χ0n) is 21.5. The number of nitrogens with zero attached hydrogens (tertiary/aromatic N) is 4. The first kappa shape index (κ1) is 27.8. The van der Waals surface area contributed by atoms with E-state index in [0.29, 0.717) is 38.6 Å². The van der Waals surface area contributed by atoms with Crippen LogP contribution in [0.2, 0.25) is 5.02 Å². The molecule has 8 nitrogen and oxygen atoms in total. The smallest absolute Gasteiger partial charge is 0.301 e. The Balaban J connectivity index is 1.47. The second-order valence-corrected chi connectivity index (χ2v) is 11.5. The number of unbranched alkanes of at least 4 members (excludes halogenated alkanes) is 1. The van der Waals surface area contributed by atoms with Gasteiger partial charge in [-0.1, -0.05) is 72.3 Å². The predicted octanol–water partition coefficient (Wildman–Crippen LogP) is 6.68. The normalized spacial score (nSPS) is 16.4. The monoisotopic (exact) mass is 592 g/mol. The van der Waals surface area contributed by atoms with Gasteiger partial charge in [0.05, 0.1) is 18.2 Å². The van der Waals surface area contributed by atoms with E-state index in [2.05, 4.69) is 22.1 Å². The SMILES string of the molecule is CCCCOc1ccc(C(O)=C2C(=O)C(=O)N(c3nnc(SCc4ccccc4Cl)s3)[C@H]2c2cccnc2)cc1. The number of aliphatic hydroxyl groups is 1. The number of carbonyl (C=O) groups is 2. The third-order valence-electron chi connectivity index (χ3n) is 6.25. The predicted molar refractivity (Wildman–Crippen MR) is 157 cm³/mol. The minimum absolute atomic E-state index is 0.0434. The van der Waals surface area contributed by atoms with E-state index in [1.54, 1.807) is 48.8 Å². The molecule has 1 N–H and O–H groups in total. The van der Waals surface area contributed by atoms with Crippen LogP contribution in [0, 0.1) is 0 Å². The van der Waals surface area contributed by atoms with Gasteiger partial charge in [0.25, 0.3) is 5.78 Å². The molecular formula is C29H25ClN4O4S2. The maximum Gasteiger partial charge on any atom is 0.301 e. The average molecular weight is 593 g/mol. The lowest BCUT2D eigenvalue weighted by atomic mass is 9.96. The maximum absolute atomic E-state index is 13.4. The number of benzene rings is 2. The molecule has 1 aliphatic rings. The zero-order chi connectivity index (χ0) is 28.1. The van der Waals surface area contributed by atoms with Gasteiger partial charge in [0.1, 0.15) is 11.5 Å². The number of Topliss-reactive ketones (excluding diaryl/α,β-unsaturated/α-hetero) is 1. The number of halogens is 1. The molecule has 2 aromatic heterocycles. The van der Waals surface area contributed by atoms with Gasteiger partial charge in [-0.25, -0.2) is 0 Å². The average Bonchev–Trinajstić information content (AvgIpc) is 3.55. The number of thioether (sulfide) groups is 1. The topological polar surface area (TPSA) is 106 Å². The van der Waals surface area contributed by atoms with Crippen molar-refractivity contribution >= 4 is 57.3 Å². The molecule has 40 heavy (non-hydrogen) atoms. The second-order valence-electron chi connectivity index (χ2n) is 8.91. The van der Waals surface area contributed by atoms with Crippen LogP contribution < -0.4 is 9.64 Å². The highest BCUT2D eigenvalue weighted by molar-refractivity contribution is 8.00. The van der Waals surface area contributed by atoms with E-state index < -0.39 is 17.7 Å². The first-order valence-corrected chi connectivity index (χ1v) is 14.8. The zero-order valence-corrected chi connectivity index (χ0v) is 23.9. The highest BCUT2D eigenvalue weighted by Crippen LogP contribution is 2.44. The van der Waals surface area contributed by atoms with Crippen LogP contribution in [0.5, 0.6) is 5.75 Å². The van der Waals surface area contributed by atoms with E-state index in [4.69, 9.17) is 16.3 Å². The fraction of sp³-hybridized carbons (Fsp3) is 0.207. The number of anilines is 1. The fourth-order valence-corrected chi connectivity index (χ4v) is 6.35. The van der Waals surface area contributed by atoms with Crippen LogP contribution in [-0.2, 0) is 15.3 Å². The molecule has 0 radical (unpaired) electrons. The van der Waals surface area contributed by atoms with Crippen LogP contribution in [0.25, 0.3) is 5.76 Å². The lowest BCUT2D eigenvalue weighted by Crippen LogP contribution is -2.29. The highest BCUT2D eigenvalue weighted by atomic mass is 35.5. The van der Waals surface area contributed by atoms with Crippen molar-refractivity contribution in [3.8, 4) is 5.75 Å². The number of carbonyl (C=O) groups excluding carboxylic acids is 2. The second kappa shape index (κ2) is 12.6. The first-order valence-electron chi connectivity index (χ1n) is 12.6. The van der Waals surface area contributed by atoms with Crippen LogP contribution in [0.4, 0.5) is 5.13 Å². The largest absolute Gasteiger partial charge is 0.507 e. The Labute approximate surface area is 244 Å². The van der Waals surface area contributed by atoms with Crippen LogP contribution >= 0.6 is 34.7 Å². The molecule has 0 aliphatic carbocycles. The van der Waals surface area contributed by atoms with Gasteiger partial charge in [0, 0.05) is 28.7 Å². The Bertz CT molecular complexity index is 1540. The van der Waals surface area contributed by atoms with Crippen molar-refractivity contribution < 1.29 is 19.4 Å². The molecule has 1 fully saturated rings. The minimum atomic E-state index is -0.927. The summed E-state index contributed by atoms with van der Waals surface area (Å²) in [4.78, 5) is 32.2. The third-order valence-corrected chi connectivity index (χ3v) is 8.72. The van der Waals surface area contributed by atoms with Gasteiger partial charge in [-0.3, -0.25) is 19.5 Å². The van der Waals surface area contributed by atoms with E-state index in [1.807, 2.05) is 24.3 Å². The molecule has 0 bridgehead atoms. The van der Waals surface area contributed by atoms with E-state index in [9.17, 15) is 14.7 Å². The number of amides is 1. The van der Waals surface area contributed by atoms with Gasteiger partial charge in [0.15, 0.2) is 4.34 Å². The molecule has 4 aromatic rings. The number of pyridine rings is 1. The quantitative estimate of drug-likeness (QED) is 0.0542. The summed E-state index contributed by atoms with van der Waals surface area (Å²) in [6.07, 6.45) is 5.11. The number of aliphatic hydroxyl groups excluding tert-OH is 1. The molecule has 0 saturated carbocycles. The van der Waals surface area contributed by atoms with Crippen molar-refractivity contribution in [3.63, 3.8) is 0 Å². The van der Waals surface area contributed by atoms with Crippen LogP contribution in [-0.4, -0.2) is 38.6 Å². The van der Waals surface area contributed by atoms with E-state index in [1.165, 1.54) is 28.0 Å². The molecule has 1 saturated heterocycles. The molecule has 204 valence electrons. The van der Waals surface area contributed by atoms with Crippen LogP contribution in [0.1, 0.15) is 42.5 Å². The number of aromatic nitrogens is 3. The minimum Gasteiger partial charge on any atom is -0.507 e. The van der Waals surface area contributed by atoms with E-state index in [-0.39, 0.29) is 16.5 Å². The van der Waals surface area contributed by atoms with Gasteiger partial charge in [0.2, 0.25) is 5.13 Å². The Morgan fingerprint density at radius 1 is 1.10 bits per heavy atom. The van der Waals surface area contributed by atoms with Crippen molar-refractivity contribution in [1.29, 1.82) is 0 Å². The van der Waals surface area contributed by atoms with Crippen molar-refractivity contribution in [3.05, 3.63) is 100 Å². The van der Waals surface area contributed by atoms with Crippen LogP contribution in [0.15, 0.2) is 83.0 Å². The lowest BCUT2D eigenvalue weighted by Gasteiger charge is -2.22. The fourth-order valence-electron chi connectivity index (χ4n) is 4.19. The summed E-state index contributed by atoms with van der Waals surface area (Å²) in [5.41, 5.74) is 1.85. The van der Waals surface area contributed by atoms with E-state index in [0.717, 1.165) is 18.4 Å². The number of rotatable bonds is 10. The van der Waals surface area contributed by atoms with Gasteiger partial charge in [-0.2, -0.15) is 0 Å². The lowest BCUT2D eigenvalue weighted by molar-refractivity contribution is -0.132. The molecule has 1 atom stereocenters. The van der Waals surface area contributed by atoms with Gasteiger partial charge in [-0.05, 0) is 53.9 Å². The standard InChI is InChI=1S/C29H25ClN4O4S2/c1-2-3-15-38-21-12-10-18(11-13-21)25(35)23-24(19-8-6-14-31-16-19)34(27(37)26(23)36)28-32-33-29(40-28)39-17-20-7-4-5-9-22(20)30/h4-14,16,24,35H,2-3,15,17H2,1H3/t24-/m0/s1. The number of ether oxygens (including phenoxy) is 1. The Hall–Kier alpha value is -3.73. The Morgan fingerprint density at radius 2 is 1.90 bits per heavy atom. The van der Waals surface area contributed by atoms with Crippen molar-refractivity contribution in [1.82, 2.24) is 15.2 Å². The van der Waals surface area contributed by atoms with E-state index >= 15 is 0 Å². The van der Waals surface area contributed by atoms with Crippen LogP contribution in [0.3, 0.4) is 0 Å². The molecule has 2 aromatic carbocycles. The number of hydrogen-bond donors (Lipinski definition) is 1. The molecule has 11 heteroatoms. The van der Waals surface area contributed by atoms with Crippen molar-refractivity contribution in [2.24, 2.45) is 0 Å². The van der Waals surface area contributed by atoms with Crippen molar-refractivity contribution in [2.75, 3.05) is 11.5 Å².